The summed E-state index contributed by atoms with van der Waals surface area (Å²) >= 11 is 0. The van der Waals surface area contributed by atoms with Gasteiger partial charge in [0.25, 0.3) is 0 Å². The van der Waals surface area contributed by atoms with Gasteiger partial charge in [-0.05, 0) is 34.1 Å². The van der Waals surface area contributed by atoms with Gasteiger partial charge in [-0.15, -0.1) is 0 Å². The van der Waals surface area contributed by atoms with Crippen molar-refractivity contribution in [2.45, 2.75) is 51.7 Å². The maximum absolute atomic E-state index is 6.07. The van der Waals surface area contributed by atoms with Crippen LogP contribution in [-0.2, 0) is 4.74 Å². The van der Waals surface area contributed by atoms with E-state index in [1.54, 1.807) is 0 Å². The standard InChI is InChI=1S/C20H24O/c1-13(2)15-9-5-7-11-17(15)19-20(21-19)18-12-8-6-10-16(18)14(3)4/h5-14,19-20H,1-4H3. The van der Waals surface area contributed by atoms with Crippen molar-refractivity contribution >= 4 is 0 Å². The zero-order chi connectivity index (χ0) is 15.0. The quantitative estimate of drug-likeness (QED) is 0.650. The molecule has 1 saturated heterocycles. The summed E-state index contributed by atoms with van der Waals surface area (Å²) in [5.74, 6) is 1.07. The molecule has 0 aromatic heterocycles. The zero-order valence-corrected chi connectivity index (χ0v) is 13.3. The van der Waals surface area contributed by atoms with Gasteiger partial charge in [-0.25, -0.2) is 0 Å². The van der Waals surface area contributed by atoms with E-state index in [2.05, 4.69) is 76.2 Å². The molecule has 1 heteroatoms. The Hall–Kier alpha value is -1.60. The Morgan fingerprint density at radius 3 is 1.43 bits per heavy atom. The second-order valence-corrected chi connectivity index (χ2v) is 6.54. The molecule has 1 fully saturated rings. The Balaban J connectivity index is 1.91. The molecular weight excluding hydrogens is 256 g/mol. The maximum Gasteiger partial charge on any atom is 0.114 e. The highest BCUT2D eigenvalue weighted by molar-refractivity contribution is 5.40. The number of epoxide rings is 1. The van der Waals surface area contributed by atoms with Crippen molar-refractivity contribution in [2.24, 2.45) is 0 Å². The lowest BCUT2D eigenvalue weighted by molar-refractivity contribution is 0.375. The molecule has 1 nitrogen and oxygen atoms in total. The predicted octanol–water partition coefficient (Wildman–Crippen LogP) is 5.75. The van der Waals surface area contributed by atoms with Crippen LogP contribution in [0.15, 0.2) is 48.5 Å². The largest absolute Gasteiger partial charge is 0.359 e. The Labute approximate surface area is 128 Å². The number of ether oxygens (including phenoxy) is 1. The summed E-state index contributed by atoms with van der Waals surface area (Å²) < 4.78 is 6.07. The van der Waals surface area contributed by atoms with E-state index in [1.807, 2.05) is 0 Å². The second kappa shape index (κ2) is 5.65. The van der Waals surface area contributed by atoms with Crippen molar-refractivity contribution in [1.82, 2.24) is 0 Å². The molecule has 2 unspecified atom stereocenters. The first-order valence-corrected chi connectivity index (χ1v) is 7.92. The van der Waals surface area contributed by atoms with E-state index < -0.39 is 0 Å². The fourth-order valence-electron chi connectivity index (χ4n) is 3.18. The average molecular weight is 280 g/mol. The van der Waals surface area contributed by atoms with Crippen molar-refractivity contribution < 1.29 is 4.74 Å². The first kappa shape index (κ1) is 14.3. The first-order valence-electron chi connectivity index (χ1n) is 7.92. The van der Waals surface area contributed by atoms with Gasteiger partial charge in [-0.3, -0.25) is 0 Å². The van der Waals surface area contributed by atoms with Crippen molar-refractivity contribution in [1.29, 1.82) is 0 Å². The van der Waals surface area contributed by atoms with Gasteiger partial charge in [0.2, 0.25) is 0 Å². The fraction of sp³-hybridized carbons (Fsp3) is 0.400. The summed E-state index contributed by atoms with van der Waals surface area (Å²) in [6.45, 7) is 8.99. The van der Waals surface area contributed by atoms with Gasteiger partial charge in [0.1, 0.15) is 12.2 Å². The molecule has 2 atom stereocenters. The summed E-state index contributed by atoms with van der Waals surface area (Å²) in [5.41, 5.74) is 5.53. The third-order valence-corrected chi connectivity index (χ3v) is 4.34. The van der Waals surface area contributed by atoms with E-state index in [-0.39, 0.29) is 12.2 Å². The van der Waals surface area contributed by atoms with E-state index in [4.69, 9.17) is 4.74 Å². The van der Waals surface area contributed by atoms with Crippen LogP contribution in [0, 0.1) is 0 Å². The number of rotatable bonds is 4. The SMILES string of the molecule is CC(C)c1ccccc1C1OC1c1ccccc1C(C)C. The average Bonchev–Trinajstić information content (AvgIpc) is 3.27. The monoisotopic (exact) mass is 280 g/mol. The van der Waals surface area contributed by atoms with Gasteiger partial charge in [-0.2, -0.15) is 0 Å². The Morgan fingerprint density at radius 2 is 1.05 bits per heavy atom. The van der Waals surface area contributed by atoms with Crippen LogP contribution in [0.4, 0.5) is 0 Å². The molecule has 0 radical (unpaired) electrons. The topological polar surface area (TPSA) is 12.5 Å². The van der Waals surface area contributed by atoms with E-state index in [0.29, 0.717) is 11.8 Å². The Bertz CT molecular complexity index is 572. The van der Waals surface area contributed by atoms with Crippen LogP contribution in [0.5, 0.6) is 0 Å². The third kappa shape index (κ3) is 2.75. The van der Waals surface area contributed by atoms with E-state index in [0.717, 1.165) is 0 Å². The van der Waals surface area contributed by atoms with Gasteiger partial charge < -0.3 is 4.74 Å². The highest BCUT2D eigenvalue weighted by Gasteiger charge is 2.43. The van der Waals surface area contributed by atoms with Gasteiger partial charge in [0.05, 0.1) is 0 Å². The molecule has 0 amide bonds. The Kier molecular flexibility index (Phi) is 3.86. The summed E-state index contributed by atoms with van der Waals surface area (Å²) in [6, 6.07) is 17.4. The molecule has 110 valence electrons. The molecule has 1 heterocycles. The van der Waals surface area contributed by atoms with Gasteiger partial charge in [0, 0.05) is 0 Å². The van der Waals surface area contributed by atoms with Crippen LogP contribution >= 0.6 is 0 Å². The smallest absolute Gasteiger partial charge is 0.114 e. The molecule has 0 N–H and O–H groups in total. The minimum Gasteiger partial charge on any atom is -0.359 e. The molecule has 21 heavy (non-hydrogen) atoms. The van der Waals surface area contributed by atoms with Crippen molar-refractivity contribution in [3.8, 4) is 0 Å². The third-order valence-electron chi connectivity index (χ3n) is 4.34. The molecule has 0 bridgehead atoms. The first-order chi connectivity index (χ1) is 10.1. The minimum absolute atomic E-state index is 0.225. The summed E-state index contributed by atoms with van der Waals surface area (Å²) in [7, 11) is 0. The van der Waals surface area contributed by atoms with Crippen LogP contribution < -0.4 is 0 Å². The van der Waals surface area contributed by atoms with Crippen molar-refractivity contribution in [2.75, 3.05) is 0 Å². The van der Waals surface area contributed by atoms with Crippen LogP contribution in [0.3, 0.4) is 0 Å². The predicted molar refractivity (Wildman–Crippen MR) is 87.6 cm³/mol. The Morgan fingerprint density at radius 1 is 0.667 bits per heavy atom. The molecule has 1 aliphatic rings. The molecular formula is C20H24O. The van der Waals surface area contributed by atoms with Gasteiger partial charge in [-0.1, -0.05) is 76.2 Å². The molecule has 2 aromatic rings. The highest BCUT2D eigenvalue weighted by Crippen LogP contribution is 2.53. The lowest BCUT2D eigenvalue weighted by Gasteiger charge is -2.12. The maximum atomic E-state index is 6.07. The van der Waals surface area contributed by atoms with Crippen molar-refractivity contribution in [3.63, 3.8) is 0 Å². The molecule has 0 spiro atoms. The lowest BCUT2D eigenvalue weighted by atomic mass is 9.90. The molecule has 0 saturated carbocycles. The number of hydrogen-bond acceptors (Lipinski definition) is 1. The van der Waals surface area contributed by atoms with Crippen LogP contribution in [0.1, 0.15) is 74.0 Å². The van der Waals surface area contributed by atoms with E-state index >= 15 is 0 Å². The normalized spacial score (nSPS) is 21.0. The minimum atomic E-state index is 0.225. The lowest BCUT2D eigenvalue weighted by Crippen LogP contribution is -1.98. The van der Waals surface area contributed by atoms with Crippen molar-refractivity contribution in [3.05, 3.63) is 70.8 Å². The zero-order valence-electron chi connectivity index (χ0n) is 13.3. The summed E-state index contributed by atoms with van der Waals surface area (Å²) in [6.07, 6.45) is 0.451. The van der Waals surface area contributed by atoms with E-state index in [1.165, 1.54) is 22.3 Å². The van der Waals surface area contributed by atoms with Gasteiger partial charge >= 0.3 is 0 Å². The van der Waals surface area contributed by atoms with Crippen LogP contribution in [0.2, 0.25) is 0 Å². The molecule has 1 aliphatic heterocycles. The fourth-order valence-corrected chi connectivity index (χ4v) is 3.18. The van der Waals surface area contributed by atoms with E-state index in [9.17, 15) is 0 Å². The van der Waals surface area contributed by atoms with Gasteiger partial charge in [0.15, 0.2) is 0 Å². The van der Waals surface area contributed by atoms with Crippen LogP contribution in [0.25, 0.3) is 0 Å². The highest BCUT2D eigenvalue weighted by atomic mass is 16.6. The molecule has 3 rings (SSSR count). The molecule has 0 aliphatic carbocycles. The summed E-state index contributed by atoms with van der Waals surface area (Å²) in [4.78, 5) is 0. The van der Waals surface area contributed by atoms with Crippen LogP contribution in [-0.4, -0.2) is 0 Å². The number of hydrogen-bond donors (Lipinski definition) is 0. The number of benzene rings is 2. The molecule has 2 aromatic carbocycles. The second-order valence-electron chi connectivity index (χ2n) is 6.54. The summed E-state index contributed by atoms with van der Waals surface area (Å²) in [5, 5.41) is 0.